The molecule has 0 spiro atoms. The van der Waals surface area contributed by atoms with Gasteiger partial charge in [0.1, 0.15) is 5.75 Å². The molecular formula is C12H15ClO2. The van der Waals surface area contributed by atoms with Gasteiger partial charge in [-0.2, -0.15) is 0 Å². The van der Waals surface area contributed by atoms with Crippen LogP contribution in [-0.4, -0.2) is 11.7 Å². The maximum atomic E-state index is 9.88. The van der Waals surface area contributed by atoms with Crippen molar-refractivity contribution in [1.29, 1.82) is 0 Å². The lowest BCUT2D eigenvalue weighted by atomic mass is 9.94. The zero-order chi connectivity index (χ0) is 11.0. The Labute approximate surface area is 94.8 Å². The lowest BCUT2D eigenvalue weighted by Crippen LogP contribution is -2.16. The molecule has 1 heterocycles. The van der Waals surface area contributed by atoms with Crippen LogP contribution in [0.1, 0.15) is 43.4 Å². The molecular weight excluding hydrogens is 212 g/mol. The molecule has 0 aliphatic carbocycles. The van der Waals surface area contributed by atoms with E-state index in [2.05, 4.69) is 13.8 Å². The van der Waals surface area contributed by atoms with Gasteiger partial charge in [-0.1, -0.05) is 31.5 Å². The highest BCUT2D eigenvalue weighted by molar-refractivity contribution is 6.31. The molecule has 0 bridgehead atoms. The Morgan fingerprint density at radius 3 is 2.87 bits per heavy atom. The van der Waals surface area contributed by atoms with E-state index in [-0.39, 0.29) is 0 Å². The third kappa shape index (κ3) is 1.84. The van der Waals surface area contributed by atoms with Gasteiger partial charge in [0, 0.05) is 12.0 Å². The van der Waals surface area contributed by atoms with E-state index in [1.54, 1.807) is 0 Å². The van der Waals surface area contributed by atoms with Gasteiger partial charge in [-0.15, -0.1) is 0 Å². The molecule has 0 aromatic heterocycles. The van der Waals surface area contributed by atoms with Crippen LogP contribution in [-0.2, 0) is 0 Å². The maximum Gasteiger partial charge on any atom is 0.130 e. The van der Waals surface area contributed by atoms with Gasteiger partial charge in [-0.05, 0) is 17.5 Å². The van der Waals surface area contributed by atoms with Crippen LogP contribution in [0.4, 0.5) is 0 Å². The van der Waals surface area contributed by atoms with Crippen molar-refractivity contribution in [3.63, 3.8) is 0 Å². The Hall–Kier alpha value is -0.730. The van der Waals surface area contributed by atoms with Crippen molar-refractivity contribution in [2.45, 2.75) is 32.3 Å². The highest BCUT2D eigenvalue weighted by Gasteiger charge is 2.25. The van der Waals surface area contributed by atoms with Gasteiger partial charge < -0.3 is 9.84 Å². The molecule has 3 heteroatoms. The van der Waals surface area contributed by atoms with Crippen LogP contribution < -0.4 is 4.74 Å². The highest BCUT2D eigenvalue weighted by atomic mass is 35.5. The lowest BCUT2D eigenvalue weighted by molar-refractivity contribution is 0.114. The van der Waals surface area contributed by atoms with Gasteiger partial charge >= 0.3 is 0 Å². The third-order valence-electron chi connectivity index (χ3n) is 2.77. The zero-order valence-electron chi connectivity index (χ0n) is 8.96. The fraction of sp³-hybridized carbons (Fsp3) is 0.500. The van der Waals surface area contributed by atoms with Crippen LogP contribution in [0, 0.1) is 0 Å². The van der Waals surface area contributed by atoms with Crippen LogP contribution >= 0.6 is 11.6 Å². The molecule has 1 aliphatic rings. The molecule has 0 saturated heterocycles. The van der Waals surface area contributed by atoms with Gasteiger partial charge in [0.2, 0.25) is 0 Å². The summed E-state index contributed by atoms with van der Waals surface area (Å²) >= 11 is 6.07. The largest absolute Gasteiger partial charge is 0.493 e. The molecule has 1 N–H and O–H groups in total. The summed E-state index contributed by atoms with van der Waals surface area (Å²) in [5.74, 6) is 1.16. The average Bonchev–Trinajstić information content (AvgIpc) is 2.17. The predicted octanol–water partition coefficient (Wildman–Crippen LogP) is 3.28. The van der Waals surface area contributed by atoms with Crippen LogP contribution in [0.25, 0.3) is 0 Å². The molecule has 1 aliphatic heterocycles. The van der Waals surface area contributed by atoms with Gasteiger partial charge in [-0.25, -0.2) is 0 Å². The number of rotatable bonds is 1. The number of aliphatic hydroxyl groups is 1. The number of benzene rings is 1. The Morgan fingerprint density at radius 2 is 2.20 bits per heavy atom. The summed E-state index contributed by atoms with van der Waals surface area (Å²) in [5, 5.41) is 10.5. The Balaban J connectivity index is 2.58. The first-order chi connectivity index (χ1) is 7.11. The summed E-state index contributed by atoms with van der Waals surface area (Å²) in [6.45, 7) is 4.77. The molecule has 0 radical (unpaired) electrons. The molecule has 1 atom stereocenters. The van der Waals surface area contributed by atoms with Crippen molar-refractivity contribution >= 4 is 11.6 Å². The standard InChI is InChI=1S/C12H15ClO2/c1-7(2)8-3-4-9(13)11-10(14)5-6-15-12(8)11/h3-4,7,10,14H,5-6H2,1-2H3/t10-/m1/s1. The topological polar surface area (TPSA) is 29.5 Å². The van der Waals surface area contributed by atoms with Crippen LogP contribution in [0.15, 0.2) is 12.1 Å². The second-order valence-electron chi connectivity index (χ2n) is 4.19. The smallest absolute Gasteiger partial charge is 0.130 e. The van der Waals surface area contributed by atoms with Crippen molar-refractivity contribution in [3.05, 3.63) is 28.3 Å². The van der Waals surface area contributed by atoms with E-state index in [0.717, 1.165) is 16.9 Å². The molecule has 0 fully saturated rings. The summed E-state index contributed by atoms with van der Waals surface area (Å²) in [7, 11) is 0. The van der Waals surface area contributed by atoms with Crippen molar-refractivity contribution in [3.8, 4) is 5.75 Å². The first-order valence-corrected chi connectivity index (χ1v) is 5.62. The molecule has 2 rings (SSSR count). The van der Waals surface area contributed by atoms with E-state index < -0.39 is 6.10 Å². The number of aliphatic hydroxyl groups excluding tert-OH is 1. The summed E-state index contributed by atoms with van der Waals surface area (Å²) < 4.78 is 5.62. The highest BCUT2D eigenvalue weighted by Crippen LogP contribution is 2.42. The molecule has 82 valence electrons. The van der Waals surface area contributed by atoms with Crippen molar-refractivity contribution in [2.75, 3.05) is 6.61 Å². The Kier molecular flexibility index (Phi) is 2.89. The summed E-state index contributed by atoms with van der Waals surface area (Å²) in [4.78, 5) is 0. The monoisotopic (exact) mass is 226 g/mol. The molecule has 1 aromatic carbocycles. The molecule has 0 saturated carbocycles. The van der Waals surface area contributed by atoms with Crippen LogP contribution in [0.3, 0.4) is 0 Å². The van der Waals surface area contributed by atoms with E-state index >= 15 is 0 Å². The minimum atomic E-state index is -0.486. The van der Waals surface area contributed by atoms with Crippen LogP contribution in [0.2, 0.25) is 5.02 Å². The fourth-order valence-corrected chi connectivity index (χ4v) is 2.21. The van der Waals surface area contributed by atoms with E-state index in [1.165, 1.54) is 0 Å². The van der Waals surface area contributed by atoms with E-state index in [4.69, 9.17) is 16.3 Å². The Morgan fingerprint density at radius 1 is 1.47 bits per heavy atom. The van der Waals surface area contributed by atoms with E-state index in [9.17, 15) is 5.11 Å². The normalized spacial score (nSPS) is 19.9. The zero-order valence-corrected chi connectivity index (χ0v) is 9.71. The maximum absolute atomic E-state index is 9.88. The van der Waals surface area contributed by atoms with Crippen LogP contribution in [0.5, 0.6) is 5.75 Å². The second-order valence-corrected chi connectivity index (χ2v) is 4.59. The fourth-order valence-electron chi connectivity index (χ4n) is 1.94. The average molecular weight is 227 g/mol. The predicted molar refractivity (Wildman–Crippen MR) is 60.6 cm³/mol. The minimum absolute atomic E-state index is 0.376. The van der Waals surface area contributed by atoms with Crippen molar-refractivity contribution in [2.24, 2.45) is 0 Å². The number of halogens is 1. The molecule has 0 unspecified atom stereocenters. The minimum Gasteiger partial charge on any atom is -0.493 e. The summed E-state index contributed by atoms with van der Waals surface area (Å²) in [6.07, 6.45) is 0.133. The SMILES string of the molecule is CC(C)c1ccc(Cl)c2c1OCC[C@H]2O. The quantitative estimate of drug-likeness (QED) is 0.797. The number of hydrogen-bond donors (Lipinski definition) is 1. The van der Waals surface area contributed by atoms with E-state index in [1.807, 2.05) is 12.1 Å². The Bertz CT molecular complexity index is 374. The first-order valence-electron chi connectivity index (χ1n) is 5.24. The summed E-state index contributed by atoms with van der Waals surface area (Å²) in [5.41, 5.74) is 1.88. The molecule has 15 heavy (non-hydrogen) atoms. The first kappa shape index (κ1) is 10.8. The van der Waals surface area contributed by atoms with E-state index in [0.29, 0.717) is 24.0 Å². The van der Waals surface area contributed by atoms with Crippen molar-refractivity contribution in [1.82, 2.24) is 0 Å². The summed E-state index contributed by atoms with van der Waals surface area (Å²) in [6, 6.07) is 3.82. The van der Waals surface area contributed by atoms with Gasteiger partial charge in [0.05, 0.1) is 17.7 Å². The molecule has 1 aromatic rings. The van der Waals surface area contributed by atoms with Gasteiger partial charge in [0.15, 0.2) is 0 Å². The van der Waals surface area contributed by atoms with Gasteiger partial charge in [0.25, 0.3) is 0 Å². The van der Waals surface area contributed by atoms with Crippen molar-refractivity contribution < 1.29 is 9.84 Å². The second kappa shape index (κ2) is 4.03. The number of fused-ring (bicyclic) bond motifs is 1. The van der Waals surface area contributed by atoms with Gasteiger partial charge in [-0.3, -0.25) is 0 Å². The number of ether oxygens (including phenoxy) is 1. The number of hydrogen-bond acceptors (Lipinski definition) is 2. The molecule has 2 nitrogen and oxygen atoms in total. The molecule has 0 amide bonds. The third-order valence-corrected chi connectivity index (χ3v) is 3.10. The lowest BCUT2D eigenvalue weighted by Gasteiger charge is -2.26.